The minimum absolute atomic E-state index is 0.531. The zero-order valence-electron chi connectivity index (χ0n) is 6.97. The maximum atomic E-state index is 9.05. The largest absolute Gasteiger partial charge is 0.454 e. The van der Waals surface area contributed by atoms with Crippen LogP contribution in [0.2, 0.25) is 6.32 Å². The van der Waals surface area contributed by atoms with Gasteiger partial charge in [0.05, 0.1) is 0 Å². The average Bonchev–Trinajstić information content (AvgIpc) is 1.89. The highest BCUT2D eigenvalue weighted by molar-refractivity contribution is 6.42. The van der Waals surface area contributed by atoms with Crippen LogP contribution in [0.4, 0.5) is 0 Å². The second-order valence-electron chi connectivity index (χ2n) is 2.41. The Morgan fingerprint density at radius 3 is 2.50 bits per heavy atom. The van der Waals surface area contributed by atoms with Gasteiger partial charge >= 0.3 is 7.12 Å². The van der Waals surface area contributed by atoms with Crippen molar-refractivity contribution < 1.29 is 9.68 Å². The molecule has 0 amide bonds. The summed E-state index contributed by atoms with van der Waals surface area (Å²) in [6, 6.07) is 0. The molecule has 2 nitrogen and oxygen atoms in total. The SMILES string of the molecule is CCCCCB(O)OCC. The number of hydrogen-bond acceptors (Lipinski definition) is 2. The molecule has 0 aromatic rings. The van der Waals surface area contributed by atoms with Crippen LogP contribution in [0, 0.1) is 0 Å². The van der Waals surface area contributed by atoms with Gasteiger partial charge in [0, 0.05) is 6.61 Å². The van der Waals surface area contributed by atoms with Crippen molar-refractivity contribution in [2.45, 2.75) is 39.4 Å². The van der Waals surface area contributed by atoms with Crippen molar-refractivity contribution in [1.29, 1.82) is 0 Å². The first kappa shape index (κ1) is 9.98. The lowest BCUT2D eigenvalue weighted by atomic mass is 9.83. The minimum atomic E-state index is -0.531. The van der Waals surface area contributed by atoms with Crippen molar-refractivity contribution in [2.24, 2.45) is 0 Å². The van der Waals surface area contributed by atoms with Crippen LogP contribution in [-0.4, -0.2) is 18.7 Å². The van der Waals surface area contributed by atoms with Gasteiger partial charge < -0.3 is 9.68 Å². The molecule has 0 rings (SSSR count). The van der Waals surface area contributed by atoms with E-state index in [9.17, 15) is 0 Å². The third-order valence-corrected chi connectivity index (χ3v) is 1.41. The van der Waals surface area contributed by atoms with E-state index in [1.165, 1.54) is 12.8 Å². The van der Waals surface area contributed by atoms with Gasteiger partial charge in [-0.3, -0.25) is 0 Å². The minimum Gasteiger partial charge on any atom is -0.427 e. The van der Waals surface area contributed by atoms with Gasteiger partial charge in [0.15, 0.2) is 0 Å². The summed E-state index contributed by atoms with van der Waals surface area (Å²) in [4.78, 5) is 0. The monoisotopic (exact) mass is 144 g/mol. The van der Waals surface area contributed by atoms with E-state index in [0.717, 1.165) is 12.7 Å². The van der Waals surface area contributed by atoms with Crippen molar-refractivity contribution >= 4 is 7.12 Å². The summed E-state index contributed by atoms with van der Waals surface area (Å²) < 4.78 is 4.94. The van der Waals surface area contributed by atoms with E-state index >= 15 is 0 Å². The van der Waals surface area contributed by atoms with E-state index < -0.39 is 7.12 Å². The van der Waals surface area contributed by atoms with E-state index in [-0.39, 0.29) is 0 Å². The molecule has 0 bridgehead atoms. The molecule has 3 heteroatoms. The Labute approximate surface area is 63.7 Å². The first-order valence-corrected chi connectivity index (χ1v) is 4.11. The summed E-state index contributed by atoms with van der Waals surface area (Å²) in [6.45, 7) is 4.64. The molecular weight excluding hydrogens is 127 g/mol. The van der Waals surface area contributed by atoms with Crippen LogP contribution in [0.25, 0.3) is 0 Å². The summed E-state index contributed by atoms with van der Waals surface area (Å²) in [5.41, 5.74) is 0. The van der Waals surface area contributed by atoms with Crippen molar-refractivity contribution in [3.05, 3.63) is 0 Å². The third-order valence-electron chi connectivity index (χ3n) is 1.41. The molecule has 0 saturated heterocycles. The molecular formula is C7H17BO2. The fourth-order valence-corrected chi connectivity index (χ4v) is 0.845. The molecule has 10 heavy (non-hydrogen) atoms. The van der Waals surface area contributed by atoms with Crippen LogP contribution in [-0.2, 0) is 4.65 Å². The van der Waals surface area contributed by atoms with E-state index in [4.69, 9.17) is 9.68 Å². The van der Waals surface area contributed by atoms with Crippen molar-refractivity contribution in [3.8, 4) is 0 Å². The highest BCUT2D eigenvalue weighted by Crippen LogP contribution is 2.02. The van der Waals surface area contributed by atoms with Crippen LogP contribution in [0.3, 0.4) is 0 Å². The normalized spacial score (nSPS) is 9.90. The fraction of sp³-hybridized carbons (Fsp3) is 1.00. The molecule has 0 atom stereocenters. The standard InChI is InChI=1S/C7H17BO2/c1-3-5-6-7-8(9)10-4-2/h9H,3-7H2,1-2H3. The Hall–Kier alpha value is -0.0151. The second-order valence-corrected chi connectivity index (χ2v) is 2.41. The fourth-order valence-electron chi connectivity index (χ4n) is 0.845. The zero-order chi connectivity index (χ0) is 7.82. The Morgan fingerprint density at radius 1 is 1.30 bits per heavy atom. The molecule has 0 aliphatic rings. The lowest BCUT2D eigenvalue weighted by molar-refractivity contribution is 0.273. The van der Waals surface area contributed by atoms with Gasteiger partial charge in [-0.2, -0.15) is 0 Å². The zero-order valence-corrected chi connectivity index (χ0v) is 6.97. The quantitative estimate of drug-likeness (QED) is 0.454. The Bertz CT molecular complexity index is 68.6. The second kappa shape index (κ2) is 7.10. The third kappa shape index (κ3) is 6.11. The summed E-state index contributed by atoms with van der Waals surface area (Å²) >= 11 is 0. The summed E-state index contributed by atoms with van der Waals surface area (Å²) in [5, 5.41) is 9.05. The van der Waals surface area contributed by atoms with Crippen LogP contribution < -0.4 is 0 Å². The Morgan fingerprint density at radius 2 is 2.00 bits per heavy atom. The van der Waals surface area contributed by atoms with Crippen LogP contribution in [0.5, 0.6) is 0 Å². The highest BCUT2D eigenvalue weighted by Gasteiger charge is 2.09. The number of unbranched alkanes of at least 4 members (excludes halogenated alkanes) is 2. The molecule has 0 aromatic heterocycles. The summed E-state index contributed by atoms with van der Waals surface area (Å²) in [6.07, 6.45) is 4.22. The van der Waals surface area contributed by atoms with E-state index in [1.807, 2.05) is 6.92 Å². The van der Waals surface area contributed by atoms with Crippen molar-refractivity contribution in [3.63, 3.8) is 0 Å². The Kier molecular flexibility index (Phi) is 7.09. The Balaban J connectivity index is 2.97. The van der Waals surface area contributed by atoms with Crippen LogP contribution >= 0.6 is 0 Å². The number of rotatable bonds is 6. The summed E-state index contributed by atoms with van der Waals surface area (Å²) in [5.74, 6) is 0. The predicted molar refractivity (Wildman–Crippen MR) is 43.9 cm³/mol. The van der Waals surface area contributed by atoms with Crippen molar-refractivity contribution in [1.82, 2.24) is 0 Å². The smallest absolute Gasteiger partial charge is 0.427 e. The van der Waals surface area contributed by atoms with Gasteiger partial charge in [-0.15, -0.1) is 0 Å². The molecule has 0 unspecified atom stereocenters. The van der Waals surface area contributed by atoms with Gasteiger partial charge in [-0.05, 0) is 13.2 Å². The molecule has 0 aromatic carbocycles. The van der Waals surface area contributed by atoms with E-state index in [2.05, 4.69) is 6.92 Å². The molecule has 0 heterocycles. The van der Waals surface area contributed by atoms with E-state index in [1.54, 1.807) is 0 Å². The highest BCUT2D eigenvalue weighted by atomic mass is 16.5. The molecule has 60 valence electrons. The molecule has 0 aliphatic heterocycles. The first-order valence-electron chi connectivity index (χ1n) is 4.11. The molecule has 0 spiro atoms. The lowest BCUT2D eigenvalue weighted by Gasteiger charge is -2.03. The molecule has 0 radical (unpaired) electrons. The van der Waals surface area contributed by atoms with Crippen molar-refractivity contribution in [2.75, 3.05) is 6.61 Å². The topological polar surface area (TPSA) is 29.5 Å². The van der Waals surface area contributed by atoms with Gasteiger partial charge in [-0.1, -0.05) is 26.2 Å². The first-order chi connectivity index (χ1) is 4.81. The van der Waals surface area contributed by atoms with Gasteiger partial charge in [0.25, 0.3) is 0 Å². The lowest BCUT2D eigenvalue weighted by Crippen LogP contribution is -2.16. The molecule has 0 aliphatic carbocycles. The maximum absolute atomic E-state index is 9.05. The predicted octanol–water partition coefficient (Wildman–Crippen LogP) is 1.69. The molecule has 1 N–H and O–H groups in total. The van der Waals surface area contributed by atoms with Gasteiger partial charge in [-0.25, -0.2) is 0 Å². The van der Waals surface area contributed by atoms with Crippen LogP contribution in [0.1, 0.15) is 33.1 Å². The van der Waals surface area contributed by atoms with E-state index in [0.29, 0.717) is 6.61 Å². The van der Waals surface area contributed by atoms with Gasteiger partial charge in [0.2, 0.25) is 0 Å². The van der Waals surface area contributed by atoms with Gasteiger partial charge in [0.1, 0.15) is 0 Å². The molecule has 0 fully saturated rings. The number of hydrogen-bond donors (Lipinski definition) is 1. The summed E-state index contributed by atoms with van der Waals surface area (Å²) in [7, 11) is -0.531. The maximum Gasteiger partial charge on any atom is 0.454 e. The van der Waals surface area contributed by atoms with Crippen LogP contribution in [0.15, 0.2) is 0 Å². The molecule has 0 saturated carbocycles. The average molecular weight is 144 g/mol.